The van der Waals surface area contributed by atoms with Crippen molar-refractivity contribution in [1.82, 2.24) is 9.55 Å². The van der Waals surface area contributed by atoms with Crippen LogP contribution in [0.25, 0.3) is 11.0 Å². The third kappa shape index (κ3) is 2.77. The summed E-state index contributed by atoms with van der Waals surface area (Å²) in [5, 5.41) is 0. The molecule has 0 aliphatic heterocycles. The van der Waals surface area contributed by atoms with Gasteiger partial charge in [0.15, 0.2) is 0 Å². The van der Waals surface area contributed by atoms with E-state index in [-0.39, 0.29) is 0 Å². The topological polar surface area (TPSA) is 17.8 Å². The van der Waals surface area contributed by atoms with E-state index in [1.165, 1.54) is 5.52 Å². The minimum absolute atomic E-state index is 0.747. The number of hydrogen-bond acceptors (Lipinski definition) is 1. The van der Waals surface area contributed by atoms with Gasteiger partial charge in [-0.05, 0) is 19.1 Å². The monoisotopic (exact) mass is 242 g/mol. The summed E-state index contributed by atoms with van der Waals surface area (Å²) in [7, 11) is -1.27. The fourth-order valence-corrected chi connectivity index (χ4v) is 2.39. The Balaban J connectivity index is 2.35. The lowest BCUT2D eigenvalue weighted by Crippen LogP contribution is -2.16. The van der Waals surface area contributed by atoms with Crippen molar-refractivity contribution in [3.8, 4) is 11.5 Å². The molecule has 3 heteroatoms. The van der Waals surface area contributed by atoms with Gasteiger partial charge in [-0.25, -0.2) is 4.98 Å². The first-order chi connectivity index (χ1) is 7.97. The number of nitrogens with zero attached hydrogens (tertiary/aromatic N) is 2. The maximum Gasteiger partial charge on any atom is 0.129 e. The lowest BCUT2D eigenvalue weighted by molar-refractivity contribution is 0.823. The van der Waals surface area contributed by atoms with Crippen molar-refractivity contribution in [3.63, 3.8) is 0 Å². The minimum Gasteiger partial charge on any atom is -0.316 e. The van der Waals surface area contributed by atoms with Crippen LogP contribution in [0.1, 0.15) is 5.82 Å². The van der Waals surface area contributed by atoms with Crippen LogP contribution in [0.3, 0.4) is 0 Å². The van der Waals surface area contributed by atoms with Crippen molar-refractivity contribution in [1.29, 1.82) is 0 Å². The first-order valence-corrected chi connectivity index (χ1v) is 9.39. The molecule has 0 spiro atoms. The van der Waals surface area contributed by atoms with E-state index in [4.69, 9.17) is 0 Å². The Bertz CT molecular complexity index is 594. The number of imidazole rings is 1. The van der Waals surface area contributed by atoms with Gasteiger partial charge in [0, 0.05) is 0 Å². The summed E-state index contributed by atoms with van der Waals surface area (Å²) in [6.07, 6.45) is 0. The lowest BCUT2D eigenvalue weighted by atomic mass is 10.3. The molecule has 0 amide bonds. The van der Waals surface area contributed by atoms with Crippen LogP contribution in [0.15, 0.2) is 24.3 Å². The van der Waals surface area contributed by atoms with Crippen LogP contribution in [0.2, 0.25) is 19.6 Å². The summed E-state index contributed by atoms with van der Waals surface area (Å²) < 4.78 is 2.18. The van der Waals surface area contributed by atoms with Crippen LogP contribution in [0.4, 0.5) is 0 Å². The van der Waals surface area contributed by atoms with Gasteiger partial charge in [0.2, 0.25) is 0 Å². The maximum absolute atomic E-state index is 4.53. The van der Waals surface area contributed by atoms with E-state index in [9.17, 15) is 0 Å². The Labute approximate surface area is 104 Å². The molecule has 2 aromatic rings. The number of rotatable bonds is 1. The van der Waals surface area contributed by atoms with Gasteiger partial charge in [0.25, 0.3) is 0 Å². The predicted molar refractivity (Wildman–Crippen MR) is 75.6 cm³/mol. The molecule has 1 heterocycles. The Hall–Kier alpha value is -1.53. The van der Waals surface area contributed by atoms with Crippen LogP contribution >= 0.6 is 0 Å². The Kier molecular flexibility index (Phi) is 3.08. The molecule has 0 bridgehead atoms. The summed E-state index contributed by atoms with van der Waals surface area (Å²) in [5.41, 5.74) is 5.62. The summed E-state index contributed by atoms with van der Waals surface area (Å²) >= 11 is 0. The fourth-order valence-electron chi connectivity index (χ4n) is 1.78. The van der Waals surface area contributed by atoms with Crippen molar-refractivity contribution in [2.45, 2.75) is 33.1 Å². The molecule has 0 saturated heterocycles. The van der Waals surface area contributed by atoms with Gasteiger partial charge in [-0.1, -0.05) is 37.7 Å². The molecular weight excluding hydrogens is 224 g/mol. The SMILES string of the molecule is Cc1nc2ccccc2n1CC#C[Si](C)(C)C. The standard InChI is InChI=1S/C14H18N2Si/c1-12-15-13-8-5-6-9-14(13)16(12)10-7-11-17(2,3)4/h5-6,8-9H,10H2,1-4H3. The molecule has 0 fully saturated rings. The lowest BCUT2D eigenvalue weighted by Gasteiger charge is -2.05. The van der Waals surface area contributed by atoms with Crippen LogP contribution in [0, 0.1) is 18.4 Å². The van der Waals surface area contributed by atoms with Crippen LogP contribution in [0.5, 0.6) is 0 Å². The molecule has 2 rings (SSSR count). The summed E-state index contributed by atoms with van der Waals surface area (Å²) in [6, 6.07) is 8.22. The zero-order valence-electron chi connectivity index (χ0n) is 10.9. The largest absolute Gasteiger partial charge is 0.316 e. The number of aromatic nitrogens is 2. The third-order valence-corrected chi connectivity index (χ3v) is 3.47. The Morgan fingerprint density at radius 3 is 2.65 bits per heavy atom. The molecule has 0 radical (unpaired) electrons. The second-order valence-corrected chi connectivity index (χ2v) is 10.0. The van der Waals surface area contributed by atoms with Gasteiger partial charge in [-0.2, -0.15) is 0 Å². The average molecular weight is 242 g/mol. The van der Waals surface area contributed by atoms with E-state index in [0.29, 0.717) is 0 Å². The molecule has 0 N–H and O–H groups in total. The van der Waals surface area contributed by atoms with E-state index in [0.717, 1.165) is 17.9 Å². The smallest absolute Gasteiger partial charge is 0.129 e. The van der Waals surface area contributed by atoms with E-state index >= 15 is 0 Å². The van der Waals surface area contributed by atoms with Crippen LogP contribution < -0.4 is 0 Å². The van der Waals surface area contributed by atoms with Crippen molar-refractivity contribution in [3.05, 3.63) is 30.1 Å². The molecule has 0 aliphatic carbocycles. The normalized spacial score (nSPS) is 11.3. The molecule has 17 heavy (non-hydrogen) atoms. The number of fused-ring (bicyclic) bond motifs is 1. The molecule has 0 unspecified atom stereocenters. The number of aryl methyl sites for hydroxylation is 1. The fraction of sp³-hybridized carbons (Fsp3) is 0.357. The molecule has 88 valence electrons. The maximum atomic E-state index is 4.53. The molecule has 1 aromatic heterocycles. The highest BCUT2D eigenvalue weighted by molar-refractivity contribution is 6.83. The predicted octanol–water partition coefficient (Wildman–Crippen LogP) is 3.23. The number of benzene rings is 1. The van der Waals surface area contributed by atoms with Crippen molar-refractivity contribution in [2.24, 2.45) is 0 Å². The molecule has 2 nitrogen and oxygen atoms in total. The third-order valence-electron chi connectivity index (χ3n) is 2.55. The highest BCUT2D eigenvalue weighted by Crippen LogP contribution is 2.14. The molecule has 0 atom stereocenters. The molecule has 1 aromatic carbocycles. The van der Waals surface area contributed by atoms with E-state index in [1.54, 1.807) is 0 Å². The Morgan fingerprint density at radius 1 is 1.24 bits per heavy atom. The van der Waals surface area contributed by atoms with Crippen molar-refractivity contribution >= 4 is 19.1 Å². The summed E-state index contributed by atoms with van der Waals surface area (Å²) in [5.74, 6) is 4.33. The van der Waals surface area contributed by atoms with Gasteiger partial charge in [-0.3, -0.25) is 0 Å². The molecule has 0 saturated carbocycles. The quantitative estimate of drug-likeness (QED) is 0.554. The minimum atomic E-state index is -1.27. The highest BCUT2D eigenvalue weighted by atomic mass is 28.3. The van der Waals surface area contributed by atoms with Gasteiger partial charge < -0.3 is 4.57 Å². The molecule has 0 aliphatic rings. The zero-order valence-corrected chi connectivity index (χ0v) is 11.9. The van der Waals surface area contributed by atoms with Gasteiger partial charge in [0.1, 0.15) is 13.9 Å². The highest BCUT2D eigenvalue weighted by Gasteiger charge is 2.08. The Morgan fingerprint density at radius 2 is 1.94 bits per heavy atom. The van der Waals surface area contributed by atoms with E-state index in [1.807, 2.05) is 25.1 Å². The second kappa shape index (κ2) is 4.38. The summed E-state index contributed by atoms with van der Waals surface area (Å²) in [6.45, 7) is 9.57. The van der Waals surface area contributed by atoms with Crippen LogP contribution in [-0.2, 0) is 6.54 Å². The van der Waals surface area contributed by atoms with Crippen molar-refractivity contribution < 1.29 is 0 Å². The first-order valence-electron chi connectivity index (χ1n) is 5.89. The number of para-hydroxylation sites is 2. The second-order valence-electron chi connectivity index (χ2n) is 5.29. The van der Waals surface area contributed by atoms with Gasteiger partial charge >= 0.3 is 0 Å². The average Bonchev–Trinajstić information content (AvgIpc) is 2.54. The molecular formula is C14H18N2Si. The number of hydrogen-bond donors (Lipinski definition) is 0. The summed E-state index contributed by atoms with van der Waals surface area (Å²) in [4.78, 5) is 4.53. The van der Waals surface area contributed by atoms with Crippen LogP contribution in [-0.4, -0.2) is 17.6 Å². The van der Waals surface area contributed by atoms with E-state index in [2.05, 4.69) is 46.7 Å². The van der Waals surface area contributed by atoms with E-state index < -0.39 is 8.07 Å². The van der Waals surface area contributed by atoms with Gasteiger partial charge in [-0.15, -0.1) is 5.54 Å². The van der Waals surface area contributed by atoms with Gasteiger partial charge in [0.05, 0.1) is 17.6 Å². The first kappa shape index (κ1) is 11.9. The van der Waals surface area contributed by atoms with Crippen molar-refractivity contribution in [2.75, 3.05) is 0 Å². The zero-order chi connectivity index (χ0) is 12.5.